The van der Waals surface area contributed by atoms with E-state index in [0.29, 0.717) is 12.1 Å². The van der Waals surface area contributed by atoms with Crippen LogP contribution < -0.4 is 16.4 Å². The van der Waals surface area contributed by atoms with Crippen molar-refractivity contribution in [1.29, 1.82) is 0 Å². The first-order chi connectivity index (χ1) is 14.0. The fourth-order valence-corrected chi connectivity index (χ4v) is 4.62. The molecule has 1 aliphatic heterocycles. The number of nitrogens with one attached hydrogen (secondary N) is 2. The number of benzene rings is 2. The van der Waals surface area contributed by atoms with Crippen molar-refractivity contribution in [1.82, 2.24) is 15.6 Å². The van der Waals surface area contributed by atoms with Gasteiger partial charge in [-0.15, -0.1) is 0 Å². The Hall–Kier alpha value is -2.47. The maximum absolute atomic E-state index is 12.8. The van der Waals surface area contributed by atoms with Gasteiger partial charge in [-0.2, -0.15) is 0 Å². The lowest BCUT2D eigenvalue weighted by molar-refractivity contribution is 0.0940. The van der Waals surface area contributed by atoms with Crippen LogP contribution in [0.25, 0.3) is 10.8 Å². The van der Waals surface area contributed by atoms with Crippen molar-refractivity contribution in [3.05, 3.63) is 76.6 Å². The smallest absolute Gasteiger partial charge is 0.253 e. The van der Waals surface area contributed by atoms with Crippen LogP contribution in [0.3, 0.4) is 0 Å². The number of halogens is 1. The van der Waals surface area contributed by atoms with Gasteiger partial charge in [0, 0.05) is 35.4 Å². The largest absolute Gasteiger partial charge is 0.352 e. The first kappa shape index (κ1) is 19.8. The van der Waals surface area contributed by atoms with Gasteiger partial charge in [0.2, 0.25) is 0 Å². The molecule has 0 bridgehead atoms. The highest BCUT2D eigenvalue weighted by Crippen LogP contribution is 2.34. The normalized spacial score (nSPS) is 21.8. The molecule has 3 unspecified atom stereocenters. The van der Waals surface area contributed by atoms with Crippen molar-refractivity contribution in [2.75, 3.05) is 6.54 Å². The summed E-state index contributed by atoms with van der Waals surface area (Å²) < 4.78 is 0. The Morgan fingerprint density at radius 2 is 2.03 bits per heavy atom. The number of rotatable bonds is 4. The second kappa shape index (κ2) is 8.49. The van der Waals surface area contributed by atoms with E-state index >= 15 is 0 Å². The van der Waals surface area contributed by atoms with E-state index in [1.165, 1.54) is 0 Å². The average molecular weight is 409 g/mol. The minimum absolute atomic E-state index is 0.0774. The molecule has 1 aromatic heterocycles. The fraction of sp³-hybridized carbons (Fsp3) is 0.304. The van der Waals surface area contributed by atoms with E-state index in [2.05, 4.69) is 28.6 Å². The van der Waals surface area contributed by atoms with Crippen molar-refractivity contribution in [2.45, 2.75) is 32.0 Å². The van der Waals surface area contributed by atoms with Gasteiger partial charge in [-0.25, -0.2) is 0 Å². The first-order valence-electron chi connectivity index (χ1n) is 9.90. The summed E-state index contributed by atoms with van der Waals surface area (Å²) in [5.74, 6) is 0.158. The van der Waals surface area contributed by atoms with E-state index in [0.717, 1.165) is 39.8 Å². The van der Waals surface area contributed by atoms with Crippen LogP contribution in [-0.4, -0.2) is 23.6 Å². The number of aromatic nitrogens is 1. The molecule has 3 atom stereocenters. The molecule has 3 aromatic rings. The Labute approximate surface area is 175 Å². The maximum Gasteiger partial charge on any atom is 0.253 e. The summed E-state index contributed by atoms with van der Waals surface area (Å²) in [6.07, 6.45) is 4.93. The number of fused-ring (bicyclic) bond motifs is 1. The molecule has 5 nitrogen and oxygen atoms in total. The third-order valence-electron chi connectivity index (χ3n) is 5.66. The molecular weight excluding hydrogens is 384 g/mol. The van der Waals surface area contributed by atoms with Gasteiger partial charge < -0.3 is 11.1 Å². The highest BCUT2D eigenvalue weighted by atomic mass is 35.5. The van der Waals surface area contributed by atoms with Gasteiger partial charge in [0.1, 0.15) is 0 Å². The summed E-state index contributed by atoms with van der Waals surface area (Å²) in [7, 11) is 0. The monoisotopic (exact) mass is 408 g/mol. The van der Waals surface area contributed by atoms with Crippen LogP contribution in [0.4, 0.5) is 0 Å². The number of hydrogen-bond donors (Lipinski definition) is 3. The van der Waals surface area contributed by atoms with Gasteiger partial charge in [-0.3, -0.25) is 15.1 Å². The molecule has 0 saturated carbocycles. The minimum Gasteiger partial charge on any atom is -0.352 e. The van der Waals surface area contributed by atoms with Gasteiger partial charge in [-0.1, -0.05) is 48.0 Å². The van der Waals surface area contributed by atoms with Crippen molar-refractivity contribution in [3.8, 4) is 0 Å². The van der Waals surface area contributed by atoms with Crippen LogP contribution >= 0.6 is 11.6 Å². The molecule has 150 valence electrons. The Morgan fingerprint density at radius 3 is 2.86 bits per heavy atom. The number of pyridine rings is 1. The second-order valence-electron chi connectivity index (χ2n) is 7.75. The third kappa shape index (κ3) is 4.27. The molecule has 1 aliphatic rings. The molecule has 4 rings (SSSR count). The van der Waals surface area contributed by atoms with Crippen molar-refractivity contribution < 1.29 is 4.79 Å². The molecular formula is C23H25ClN4O. The van der Waals surface area contributed by atoms with E-state index in [-0.39, 0.29) is 24.0 Å². The van der Waals surface area contributed by atoms with Crippen LogP contribution in [0.5, 0.6) is 0 Å². The third-order valence-corrected chi connectivity index (χ3v) is 5.98. The van der Waals surface area contributed by atoms with Crippen molar-refractivity contribution >= 4 is 28.3 Å². The molecule has 0 spiro atoms. The predicted molar refractivity (Wildman–Crippen MR) is 117 cm³/mol. The van der Waals surface area contributed by atoms with E-state index in [1.807, 2.05) is 36.4 Å². The summed E-state index contributed by atoms with van der Waals surface area (Å²) in [6.45, 7) is 2.63. The number of nitrogens with two attached hydrogens (primary N) is 1. The molecule has 2 aromatic carbocycles. The van der Waals surface area contributed by atoms with Gasteiger partial charge in [0.25, 0.3) is 5.91 Å². The Morgan fingerprint density at radius 1 is 1.21 bits per heavy atom. The summed E-state index contributed by atoms with van der Waals surface area (Å²) in [5.41, 5.74) is 9.11. The molecule has 1 saturated heterocycles. The van der Waals surface area contributed by atoms with Crippen LogP contribution in [0.15, 0.2) is 54.9 Å². The fourth-order valence-electron chi connectivity index (χ4n) is 4.27. The second-order valence-corrected chi connectivity index (χ2v) is 8.16. The van der Waals surface area contributed by atoms with Crippen LogP contribution in [0, 0.1) is 12.8 Å². The van der Waals surface area contributed by atoms with Crippen molar-refractivity contribution in [3.63, 3.8) is 0 Å². The Balaban J connectivity index is 1.47. The summed E-state index contributed by atoms with van der Waals surface area (Å²) in [5, 5.41) is 9.16. The van der Waals surface area contributed by atoms with Gasteiger partial charge in [0.05, 0.1) is 11.7 Å². The quantitative estimate of drug-likeness (QED) is 0.610. The predicted octanol–water partition coefficient (Wildman–Crippen LogP) is 3.95. The van der Waals surface area contributed by atoms with E-state index in [1.54, 1.807) is 12.4 Å². The topological polar surface area (TPSA) is 80.0 Å². The zero-order valence-corrected chi connectivity index (χ0v) is 17.1. The Kier molecular flexibility index (Phi) is 5.81. The summed E-state index contributed by atoms with van der Waals surface area (Å²) in [6, 6.07) is 13.8. The van der Waals surface area contributed by atoms with Crippen LogP contribution in [0.2, 0.25) is 5.02 Å². The average Bonchev–Trinajstić information content (AvgIpc) is 2.71. The maximum atomic E-state index is 12.8. The lowest BCUT2D eigenvalue weighted by atomic mass is 9.85. The number of aryl methyl sites for hydroxylation is 1. The lowest BCUT2D eigenvalue weighted by Crippen LogP contribution is -2.48. The number of nitrogens with zero attached hydrogens (tertiary/aromatic N) is 1. The molecule has 2 heterocycles. The minimum atomic E-state index is -0.134. The number of carbonyl (C=O) groups is 1. The molecule has 1 fully saturated rings. The molecule has 0 aliphatic carbocycles. The molecule has 0 radical (unpaired) electrons. The molecule has 6 heteroatoms. The standard InChI is InChI=1S/C23H25ClN4O/c1-14-5-4-8-19(24)22(14)20-9-15(10-21(25)28-20)11-27-23(29)18-13-26-12-16-6-2-3-7-17(16)18/h2-8,12-13,15,20-21,28H,9-11,25H2,1H3,(H,27,29). The number of hydrogen-bond acceptors (Lipinski definition) is 4. The number of amides is 1. The summed E-state index contributed by atoms with van der Waals surface area (Å²) in [4.78, 5) is 17.0. The summed E-state index contributed by atoms with van der Waals surface area (Å²) >= 11 is 6.46. The Bertz CT molecular complexity index is 1010. The zero-order chi connectivity index (χ0) is 20.4. The SMILES string of the molecule is Cc1cccc(Cl)c1C1CC(CNC(=O)c2cncc3ccccc23)CC(N)N1. The molecule has 29 heavy (non-hydrogen) atoms. The van der Waals surface area contributed by atoms with E-state index in [4.69, 9.17) is 17.3 Å². The van der Waals surface area contributed by atoms with Gasteiger partial charge in [-0.05, 0) is 48.3 Å². The first-order valence-corrected chi connectivity index (χ1v) is 10.3. The van der Waals surface area contributed by atoms with E-state index in [9.17, 15) is 4.79 Å². The lowest BCUT2D eigenvalue weighted by Gasteiger charge is -2.36. The molecule has 1 amide bonds. The zero-order valence-electron chi connectivity index (χ0n) is 16.4. The van der Waals surface area contributed by atoms with Crippen molar-refractivity contribution in [2.24, 2.45) is 11.7 Å². The highest BCUT2D eigenvalue weighted by molar-refractivity contribution is 6.31. The van der Waals surface area contributed by atoms with Gasteiger partial charge in [0.15, 0.2) is 0 Å². The number of carbonyl (C=O) groups excluding carboxylic acids is 1. The van der Waals surface area contributed by atoms with E-state index < -0.39 is 0 Å². The molecule has 4 N–H and O–H groups in total. The van der Waals surface area contributed by atoms with Gasteiger partial charge >= 0.3 is 0 Å². The number of piperidine rings is 1. The van der Waals surface area contributed by atoms with Crippen LogP contribution in [-0.2, 0) is 0 Å². The highest BCUT2D eigenvalue weighted by Gasteiger charge is 2.29. The van der Waals surface area contributed by atoms with Crippen LogP contribution in [0.1, 0.15) is 40.4 Å².